The highest BCUT2D eigenvalue weighted by Gasteiger charge is 2.47. The lowest BCUT2D eigenvalue weighted by Gasteiger charge is -2.36. The molecule has 4 aliphatic rings. The normalized spacial score (nSPS) is 24.9. The van der Waals surface area contributed by atoms with Crippen molar-refractivity contribution < 1.29 is 33.8 Å². The lowest BCUT2D eigenvalue weighted by atomic mass is 9.74. The van der Waals surface area contributed by atoms with E-state index in [1.807, 2.05) is 41.5 Å². The van der Waals surface area contributed by atoms with Gasteiger partial charge in [0.25, 0.3) is 6.02 Å². The maximum absolute atomic E-state index is 14.9. The number of nitrogens with zero attached hydrogens (tertiary/aromatic N) is 3. The van der Waals surface area contributed by atoms with Crippen molar-refractivity contribution in [2.45, 2.75) is 155 Å². The lowest BCUT2D eigenvalue weighted by molar-refractivity contribution is -0.146. The lowest BCUT2D eigenvalue weighted by Crippen LogP contribution is -2.49. The Balaban J connectivity index is 1.39. The molecule has 1 amide bonds. The van der Waals surface area contributed by atoms with Gasteiger partial charge in [0, 0.05) is 43.9 Å². The predicted molar refractivity (Wildman–Crippen MR) is 204 cm³/mol. The largest absolute Gasteiger partial charge is 0.472 e. The predicted octanol–water partition coefficient (Wildman–Crippen LogP) is 6.51. The number of aromatic nitrogens is 1. The molecule has 4 fully saturated rings. The molecule has 0 radical (unpaired) electrons. The number of rotatable bonds is 17. The molecular weight excluding hydrogens is 696 g/mol. The fourth-order valence-corrected chi connectivity index (χ4v) is 8.26. The smallest absolute Gasteiger partial charge is 0.285 e. The van der Waals surface area contributed by atoms with E-state index in [1.165, 1.54) is 6.20 Å². The van der Waals surface area contributed by atoms with Crippen molar-refractivity contribution in [3.05, 3.63) is 23.4 Å². The first kappa shape index (κ1) is 41.1. The number of aliphatic hydroxyl groups is 1. The zero-order chi connectivity index (χ0) is 38.5. The fraction of sp³-hybridized carbons (Fsp3) is 0.756. The summed E-state index contributed by atoms with van der Waals surface area (Å²) in [5.74, 6) is -1.39. The van der Waals surface area contributed by atoms with Gasteiger partial charge < -0.3 is 24.8 Å². The zero-order valence-corrected chi connectivity index (χ0v) is 33.3. The summed E-state index contributed by atoms with van der Waals surface area (Å²) in [6.07, 6.45) is 8.37. The molecule has 0 aromatic carbocycles. The third-order valence-electron chi connectivity index (χ3n) is 11.4. The zero-order valence-electron chi connectivity index (χ0n) is 32.6. The topological polar surface area (TPSA) is 147 Å². The van der Waals surface area contributed by atoms with Crippen LogP contribution < -0.4 is 10.1 Å². The van der Waals surface area contributed by atoms with Crippen LogP contribution in [0.15, 0.2) is 23.3 Å². The van der Waals surface area contributed by atoms with Crippen LogP contribution in [0.5, 0.6) is 5.88 Å². The summed E-state index contributed by atoms with van der Waals surface area (Å²) in [5.41, 5.74) is -0.918. The molecule has 11 nitrogen and oxygen atoms in total. The number of pyridine rings is 1. The summed E-state index contributed by atoms with van der Waals surface area (Å²) in [6.45, 7) is 12.4. The first-order valence-electron chi connectivity index (χ1n) is 19.9. The molecule has 2 saturated carbocycles. The Morgan fingerprint density at radius 3 is 2.40 bits per heavy atom. The van der Waals surface area contributed by atoms with E-state index in [1.54, 1.807) is 17.0 Å². The minimum absolute atomic E-state index is 0.0296. The molecule has 1 aromatic rings. The molecule has 2 N–H and O–H groups in total. The van der Waals surface area contributed by atoms with Crippen molar-refractivity contribution in [3.8, 4) is 5.88 Å². The number of carbonyl (C=O) groups is 4. The monoisotopic (exact) mass is 756 g/mol. The average Bonchev–Trinajstić information content (AvgIpc) is 3.71. The highest BCUT2D eigenvalue weighted by atomic mass is 35.5. The van der Waals surface area contributed by atoms with Gasteiger partial charge in [0.15, 0.2) is 17.3 Å². The van der Waals surface area contributed by atoms with Crippen LogP contribution in [-0.4, -0.2) is 87.3 Å². The van der Waals surface area contributed by atoms with Crippen LogP contribution in [0.1, 0.15) is 125 Å². The summed E-state index contributed by atoms with van der Waals surface area (Å²) >= 11 is 6.06. The molecule has 1 aromatic heterocycles. The highest BCUT2D eigenvalue weighted by molar-refractivity contribution is 6.30. The number of aliphatic imine (C=N–C) groups is 1. The van der Waals surface area contributed by atoms with Gasteiger partial charge >= 0.3 is 0 Å². The molecule has 0 spiro atoms. The molecule has 3 heterocycles. The van der Waals surface area contributed by atoms with E-state index >= 15 is 0 Å². The SMILES string of the molecule is CCC[C@H](CC(=O)[C@@H]1C[C@@H](Oc2ccc(Cl)cn2)CN1C(=O)[C@@H](CC(=O)[C@@H](N=C1NC(C)(C)CO1)C1CCCCC1)C(C)(C)C)C(O)C(=O)CC1CC1. The van der Waals surface area contributed by atoms with Gasteiger partial charge in [-0.25, -0.2) is 9.98 Å². The maximum atomic E-state index is 14.9. The van der Waals surface area contributed by atoms with Gasteiger partial charge in [-0.2, -0.15) is 0 Å². The maximum Gasteiger partial charge on any atom is 0.285 e. The Bertz CT molecular complexity index is 1480. The van der Waals surface area contributed by atoms with Crippen molar-refractivity contribution in [1.82, 2.24) is 15.2 Å². The van der Waals surface area contributed by atoms with E-state index in [4.69, 9.17) is 26.1 Å². The number of ketones is 3. The molecule has 12 heteroatoms. The number of hydrogen-bond acceptors (Lipinski definition) is 9. The number of carbonyl (C=O) groups excluding carboxylic acids is 4. The number of Topliss-reactive ketones (excluding diaryl/α,β-unsaturated/α-hetero) is 3. The van der Waals surface area contributed by atoms with Crippen molar-refractivity contribution in [3.63, 3.8) is 0 Å². The van der Waals surface area contributed by atoms with Crippen LogP contribution in [0.2, 0.25) is 5.02 Å². The van der Waals surface area contributed by atoms with E-state index in [-0.39, 0.29) is 60.5 Å². The number of halogens is 1. The van der Waals surface area contributed by atoms with E-state index in [0.29, 0.717) is 48.7 Å². The second kappa shape index (κ2) is 17.6. The van der Waals surface area contributed by atoms with Crippen molar-refractivity contribution >= 4 is 40.9 Å². The summed E-state index contributed by atoms with van der Waals surface area (Å²) < 4.78 is 12.1. The molecule has 2 aliphatic heterocycles. The van der Waals surface area contributed by atoms with Crippen LogP contribution in [0.3, 0.4) is 0 Å². The summed E-state index contributed by atoms with van der Waals surface area (Å²) in [7, 11) is 0. The number of aliphatic hydroxyl groups excluding tert-OH is 1. The Kier molecular flexibility index (Phi) is 13.7. The van der Waals surface area contributed by atoms with E-state index in [9.17, 15) is 24.3 Å². The van der Waals surface area contributed by atoms with Gasteiger partial charge in [0.1, 0.15) is 24.9 Å². The molecule has 2 aliphatic carbocycles. The molecular formula is C41H61ClN4O7. The minimum Gasteiger partial charge on any atom is -0.472 e. The minimum atomic E-state index is -1.22. The summed E-state index contributed by atoms with van der Waals surface area (Å²) in [5, 5.41) is 14.9. The standard InChI is InChI=1S/C41H61ClN4O7/c1-7-11-27(37(50)34(49)18-25-14-15-25)19-32(47)31-20-29(53-35-17-16-28(42)22-43-35)23-46(31)38(51)30(40(2,3)4)21-33(48)36(26-12-9-8-10-13-26)44-39-45-41(5,6)24-52-39/h16-17,22,25-27,29-31,36-37,50H,7-15,18-21,23-24H2,1-6H3,(H,44,45)/t27-,29-,30-,31+,36+,37?/m1/s1. The van der Waals surface area contributed by atoms with Crippen LogP contribution in [-0.2, 0) is 23.9 Å². The van der Waals surface area contributed by atoms with Crippen LogP contribution in [0, 0.1) is 29.1 Å². The van der Waals surface area contributed by atoms with Crippen LogP contribution >= 0.6 is 11.6 Å². The van der Waals surface area contributed by atoms with Crippen molar-refractivity contribution in [2.75, 3.05) is 13.2 Å². The Hall–Kier alpha value is -3.05. The van der Waals surface area contributed by atoms with Crippen molar-refractivity contribution in [2.24, 2.45) is 34.1 Å². The molecule has 5 rings (SSSR count). The Labute approximate surface area is 320 Å². The number of nitrogens with one attached hydrogen (secondary N) is 1. The van der Waals surface area contributed by atoms with Gasteiger partial charge in [-0.1, -0.05) is 65.0 Å². The van der Waals surface area contributed by atoms with Crippen molar-refractivity contribution in [1.29, 1.82) is 0 Å². The molecule has 53 heavy (non-hydrogen) atoms. The summed E-state index contributed by atoms with van der Waals surface area (Å²) in [6, 6.07) is 2.20. The molecule has 294 valence electrons. The van der Waals surface area contributed by atoms with Gasteiger partial charge in [-0.15, -0.1) is 0 Å². The Morgan fingerprint density at radius 2 is 1.81 bits per heavy atom. The number of amides is 1. The van der Waals surface area contributed by atoms with Gasteiger partial charge in [0.05, 0.1) is 23.1 Å². The van der Waals surface area contributed by atoms with Crippen LogP contribution in [0.4, 0.5) is 0 Å². The average molecular weight is 757 g/mol. The number of ether oxygens (including phenoxy) is 2. The van der Waals surface area contributed by atoms with Gasteiger partial charge in [0.2, 0.25) is 11.8 Å². The second-order valence-corrected chi connectivity index (χ2v) is 18.2. The molecule has 1 unspecified atom stereocenters. The quantitative estimate of drug-likeness (QED) is 0.182. The molecule has 2 saturated heterocycles. The fourth-order valence-electron chi connectivity index (χ4n) is 8.14. The summed E-state index contributed by atoms with van der Waals surface area (Å²) in [4.78, 5) is 67.2. The van der Waals surface area contributed by atoms with Gasteiger partial charge in [-0.3, -0.25) is 19.2 Å². The molecule has 0 bridgehead atoms. The van der Waals surface area contributed by atoms with E-state index < -0.39 is 41.5 Å². The first-order chi connectivity index (χ1) is 25.0. The third kappa shape index (κ3) is 11.2. The van der Waals surface area contributed by atoms with E-state index in [0.717, 1.165) is 44.9 Å². The van der Waals surface area contributed by atoms with Gasteiger partial charge in [-0.05, 0) is 75.2 Å². The first-order valence-corrected chi connectivity index (χ1v) is 20.3. The van der Waals surface area contributed by atoms with Crippen LogP contribution in [0.25, 0.3) is 0 Å². The number of amidine groups is 1. The number of likely N-dealkylation sites (tertiary alicyclic amines) is 1. The number of hydrogen-bond donors (Lipinski definition) is 2. The second-order valence-electron chi connectivity index (χ2n) is 17.7. The molecule has 6 atom stereocenters. The third-order valence-corrected chi connectivity index (χ3v) is 11.7. The Morgan fingerprint density at radius 1 is 1.09 bits per heavy atom. The van der Waals surface area contributed by atoms with E-state index in [2.05, 4.69) is 10.3 Å². The highest BCUT2D eigenvalue weighted by Crippen LogP contribution is 2.38.